The van der Waals surface area contributed by atoms with Crippen molar-refractivity contribution in [3.8, 4) is 0 Å². The summed E-state index contributed by atoms with van der Waals surface area (Å²) in [7, 11) is 2.38. The molecular formula is C16H36ClNO. The first-order valence-electron chi connectivity index (χ1n) is 8.13. The fourth-order valence-electron chi connectivity index (χ4n) is 2.63. The van der Waals surface area contributed by atoms with E-state index in [1.165, 1.54) is 68.9 Å². The van der Waals surface area contributed by atoms with Crippen LogP contribution in [-0.2, 0) is 0 Å². The number of unbranched alkanes of at least 4 members (excludes halogenated alkanes) is 6. The Kier molecular flexibility index (Phi) is 16.5. The van der Waals surface area contributed by atoms with Gasteiger partial charge in [0, 0.05) is 13.0 Å². The Morgan fingerprint density at radius 1 is 0.684 bits per heavy atom. The number of hydrogen-bond acceptors (Lipinski definition) is 1. The largest absolute Gasteiger partial charge is 1.00 e. The van der Waals surface area contributed by atoms with Crippen molar-refractivity contribution in [2.24, 2.45) is 0 Å². The highest BCUT2D eigenvalue weighted by Crippen LogP contribution is 2.12. The van der Waals surface area contributed by atoms with Gasteiger partial charge in [0.15, 0.2) is 0 Å². The van der Waals surface area contributed by atoms with Crippen molar-refractivity contribution in [2.75, 3.05) is 33.3 Å². The Balaban J connectivity index is 0. The van der Waals surface area contributed by atoms with E-state index in [0.717, 1.165) is 13.0 Å². The molecule has 0 saturated carbocycles. The summed E-state index contributed by atoms with van der Waals surface area (Å²) in [5, 5.41) is 9.03. The molecule has 0 aromatic carbocycles. The number of rotatable bonds is 13. The molecule has 1 N–H and O–H groups in total. The Hall–Kier alpha value is 0.210. The molecule has 0 heterocycles. The van der Waals surface area contributed by atoms with Crippen molar-refractivity contribution >= 4 is 0 Å². The predicted octanol–water partition coefficient (Wildman–Crippen LogP) is 0.980. The normalized spacial score (nSPS) is 13.9. The first kappa shape index (κ1) is 21.5. The van der Waals surface area contributed by atoms with Gasteiger partial charge in [0.1, 0.15) is 0 Å². The maximum Gasteiger partial charge on any atom is 0.0806 e. The van der Waals surface area contributed by atoms with Gasteiger partial charge in [0.05, 0.1) is 26.7 Å². The molecule has 0 aromatic heterocycles. The van der Waals surface area contributed by atoms with Crippen LogP contribution in [-0.4, -0.2) is 42.9 Å². The fourth-order valence-corrected chi connectivity index (χ4v) is 2.63. The monoisotopic (exact) mass is 293 g/mol. The summed E-state index contributed by atoms with van der Waals surface area (Å²) >= 11 is 0. The lowest BCUT2D eigenvalue weighted by molar-refractivity contribution is -0.910. The van der Waals surface area contributed by atoms with Crippen LogP contribution >= 0.6 is 0 Å². The average Bonchev–Trinajstić information content (AvgIpc) is 2.37. The third kappa shape index (κ3) is 13.0. The molecule has 0 bridgehead atoms. The maximum absolute atomic E-state index is 9.03. The molecular weight excluding hydrogens is 258 g/mol. The topological polar surface area (TPSA) is 20.2 Å². The second-order valence-electron chi connectivity index (χ2n) is 5.99. The Morgan fingerprint density at radius 2 is 1.11 bits per heavy atom. The molecule has 118 valence electrons. The fraction of sp³-hybridized carbons (Fsp3) is 1.00. The van der Waals surface area contributed by atoms with Gasteiger partial charge in [-0.05, 0) is 25.7 Å². The zero-order chi connectivity index (χ0) is 13.7. The molecule has 0 saturated heterocycles. The van der Waals surface area contributed by atoms with E-state index in [1.54, 1.807) is 0 Å². The number of halogens is 1. The maximum atomic E-state index is 9.03. The summed E-state index contributed by atoms with van der Waals surface area (Å²) in [5.41, 5.74) is 0. The number of nitrogens with zero attached hydrogens (tertiary/aromatic N) is 1. The molecule has 0 aliphatic carbocycles. The van der Waals surface area contributed by atoms with E-state index in [2.05, 4.69) is 20.9 Å². The molecule has 3 heteroatoms. The molecule has 0 aliphatic rings. The van der Waals surface area contributed by atoms with Crippen LogP contribution in [0.2, 0.25) is 0 Å². The SMILES string of the molecule is CCCCCCC[N+](C)(CCCO)CCCCC.[Cl-]. The van der Waals surface area contributed by atoms with E-state index >= 15 is 0 Å². The molecule has 0 aromatic rings. The second-order valence-corrected chi connectivity index (χ2v) is 5.99. The third-order valence-electron chi connectivity index (χ3n) is 3.96. The summed E-state index contributed by atoms with van der Waals surface area (Å²) in [5.74, 6) is 0. The van der Waals surface area contributed by atoms with Crippen LogP contribution in [0.3, 0.4) is 0 Å². The van der Waals surface area contributed by atoms with Gasteiger partial charge in [-0.3, -0.25) is 0 Å². The minimum atomic E-state index is 0. The van der Waals surface area contributed by atoms with Crippen LogP contribution in [0.25, 0.3) is 0 Å². The third-order valence-corrected chi connectivity index (χ3v) is 3.96. The van der Waals surface area contributed by atoms with Crippen molar-refractivity contribution in [3.05, 3.63) is 0 Å². The number of aliphatic hydroxyl groups excluding tert-OH is 1. The van der Waals surface area contributed by atoms with E-state index in [1.807, 2.05) is 0 Å². The lowest BCUT2D eigenvalue weighted by Gasteiger charge is -2.35. The highest BCUT2D eigenvalue weighted by molar-refractivity contribution is 4.47. The first-order chi connectivity index (χ1) is 8.68. The van der Waals surface area contributed by atoms with Crippen LogP contribution in [0.4, 0.5) is 0 Å². The molecule has 1 atom stereocenters. The van der Waals surface area contributed by atoms with Crippen LogP contribution in [0, 0.1) is 0 Å². The Morgan fingerprint density at radius 3 is 1.63 bits per heavy atom. The van der Waals surface area contributed by atoms with Gasteiger partial charge in [-0.1, -0.05) is 39.5 Å². The Labute approximate surface area is 127 Å². The lowest BCUT2D eigenvalue weighted by atomic mass is 10.1. The van der Waals surface area contributed by atoms with Gasteiger partial charge in [-0.2, -0.15) is 0 Å². The van der Waals surface area contributed by atoms with Crippen LogP contribution < -0.4 is 12.4 Å². The molecule has 0 amide bonds. The molecule has 2 nitrogen and oxygen atoms in total. The summed E-state index contributed by atoms with van der Waals surface area (Å²) < 4.78 is 1.17. The van der Waals surface area contributed by atoms with Gasteiger partial charge in [-0.25, -0.2) is 0 Å². The number of quaternary nitrogens is 1. The minimum absolute atomic E-state index is 0. The van der Waals surface area contributed by atoms with Crippen molar-refractivity contribution in [1.29, 1.82) is 0 Å². The van der Waals surface area contributed by atoms with E-state index in [4.69, 9.17) is 5.11 Å². The smallest absolute Gasteiger partial charge is 0.0806 e. The summed E-state index contributed by atoms with van der Waals surface area (Å²) in [6, 6.07) is 0. The molecule has 0 rings (SSSR count). The summed E-state index contributed by atoms with van der Waals surface area (Å²) in [6.07, 6.45) is 11.8. The quantitative estimate of drug-likeness (QED) is 0.396. The van der Waals surface area contributed by atoms with Gasteiger partial charge in [0.2, 0.25) is 0 Å². The minimum Gasteiger partial charge on any atom is -1.00 e. The first-order valence-corrected chi connectivity index (χ1v) is 8.13. The zero-order valence-electron chi connectivity index (χ0n) is 13.5. The molecule has 0 spiro atoms. The zero-order valence-corrected chi connectivity index (χ0v) is 14.2. The molecule has 0 aliphatic heterocycles. The predicted molar refractivity (Wildman–Crippen MR) is 80.8 cm³/mol. The van der Waals surface area contributed by atoms with E-state index < -0.39 is 0 Å². The molecule has 0 fully saturated rings. The Bertz CT molecular complexity index is 178. The standard InChI is InChI=1S/C16H36NO.ClH/c1-4-6-8-9-11-14-17(3,15-12-16-18)13-10-7-5-2;/h18H,4-16H2,1-3H3;1H/q+1;/p-1. The van der Waals surface area contributed by atoms with Gasteiger partial charge in [0.25, 0.3) is 0 Å². The second kappa shape index (κ2) is 14.6. The number of hydrogen-bond donors (Lipinski definition) is 1. The number of aliphatic hydroxyl groups is 1. The molecule has 1 unspecified atom stereocenters. The van der Waals surface area contributed by atoms with Gasteiger partial charge < -0.3 is 22.0 Å². The van der Waals surface area contributed by atoms with Crippen molar-refractivity contribution < 1.29 is 22.0 Å². The average molecular weight is 294 g/mol. The van der Waals surface area contributed by atoms with E-state index in [9.17, 15) is 0 Å². The molecule has 19 heavy (non-hydrogen) atoms. The van der Waals surface area contributed by atoms with Gasteiger partial charge >= 0.3 is 0 Å². The van der Waals surface area contributed by atoms with Gasteiger partial charge in [-0.15, -0.1) is 0 Å². The van der Waals surface area contributed by atoms with Crippen LogP contribution in [0.15, 0.2) is 0 Å². The summed E-state index contributed by atoms with van der Waals surface area (Å²) in [4.78, 5) is 0. The highest BCUT2D eigenvalue weighted by atomic mass is 35.5. The van der Waals surface area contributed by atoms with Crippen LogP contribution in [0.5, 0.6) is 0 Å². The van der Waals surface area contributed by atoms with Crippen molar-refractivity contribution in [3.63, 3.8) is 0 Å². The highest BCUT2D eigenvalue weighted by Gasteiger charge is 2.19. The van der Waals surface area contributed by atoms with Crippen molar-refractivity contribution in [1.82, 2.24) is 0 Å². The summed E-state index contributed by atoms with van der Waals surface area (Å²) in [6.45, 7) is 8.62. The van der Waals surface area contributed by atoms with E-state index in [-0.39, 0.29) is 12.4 Å². The van der Waals surface area contributed by atoms with Crippen LogP contribution in [0.1, 0.15) is 71.6 Å². The molecule has 0 radical (unpaired) electrons. The van der Waals surface area contributed by atoms with Crippen molar-refractivity contribution in [2.45, 2.75) is 71.6 Å². The van der Waals surface area contributed by atoms with E-state index in [0.29, 0.717) is 6.61 Å². The lowest BCUT2D eigenvalue weighted by Crippen LogP contribution is -3.00.